The van der Waals surface area contributed by atoms with Crippen LogP contribution in [-0.2, 0) is 0 Å². The van der Waals surface area contributed by atoms with Crippen molar-refractivity contribution in [3.63, 3.8) is 0 Å². The molecule has 2 N–H and O–H groups in total. The Labute approximate surface area is 308 Å². The van der Waals surface area contributed by atoms with E-state index in [-0.39, 0.29) is 11.5 Å². The zero-order chi connectivity index (χ0) is 35.7. The Balaban J connectivity index is 1.10. The van der Waals surface area contributed by atoms with E-state index >= 15 is 0 Å². The molecule has 0 aromatic heterocycles. The number of hydrogen-bond acceptors (Lipinski definition) is 6. The van der Waals surface area contributed by atoms with E-state index in [2.05, 4.69) is 110 Å². The first-order valence-corrected chi connectivity index (χ1v) is 19.6. The molecule has 9 rings (SSSR count). The SMILES string of the molecule is CCN(CC)c1ccc2c(c1)OC(C1CC3C=CC1C3)=CC2=Cc1c(O)[c+](C=C2C=C(C3CC4C=CC3C4)Oc3cc(N(CC)CC)ccc32)[c+]1O. The van der Waals surface area contributed by atoms with Crippen LogP contribution in [0.1, 0.15) is 75.6 Å². The van der Waals surface area contributed by atoms with Gasteiger partial charge in [-0.25, -0.2) is 0 Å². The van der Waals surface area contributed by atoms with Crippen molar-refractivity contribution in [1.82, 2.24) is 0 Å². The third-order valence-electron chi connectivity index (χ3n) is 12.8. The summed E-state index contributed by atoms with van der Waals surface area (Å²) in [5, 5.41) is 23.2. The summed E-state index contributed by atoms with van der Waals surface area (Å²) >= 11 is 0. The van der Waals surface area contributed by atoms with E-state index in [1.54, 1.807) is 0 Å². The zero-order valence-electron chi connectivity index (χ0n) is 30.8. The number of anilines is 2. The highest BCUT2D eigenvalue weighted by Crippen LogP contribution is 2.53. The van der Waals surface area contributed by atoms with Crippen molar-refractivity contribution in [2.45, 2.75) is 53.4 Å². The lowest BCUT2D eigenvalue weighted by molar-refractivity contribution is 0.316. The number of benzene rings is 2. The van der Waals surface area contributed by atoms with E-state index in [9.17, 15) is 10.2 Å². The molecule has 0 spiro atoms. The van der Waals surface area contributed by atoms with Crippen molar-refractivity contribution in [1.29, 1.82) is 0 Å². The van der Waals surface area contributed by atoms with Gasteiger partial charge >= 0.3 is 11.5 Å². The minimum atomic E-state index is 0.105. The molecule has 2 fully saturated rings. The fourth-order valence-corrected chi connectivity index (χ4v) is 9.87. The summed E-state index contributed by atoms with van der Waals surface area (Å²) < 4.78 is 13.4. The van der Waals surface area contributed by atoms with Crippen molar-refractivity contribution in [3.05, 3.63) is 107 Å². The maximum absolute atomic E-state index is 11.6. The lowest BCUT2D eigenvalue weighted by Crippen LogP contribution is -2.22. The van der Waals surface area contributed by atoms with Gasteiger partial charge in [0.2, 0.25) is 11.1 Å². The lowest BCUT2D eigenvalue weighted by atomic mass is 9.86. The van der Waals surface area contributed by atoms with Crippen LogP contribution in [0.25, 0.3) is 23.3 Å². The van der Waals surface area contributed by atoms with Crippen LogP contribution >= 0.6 is 0 Å². The number of allylic oxidation sites excluding steroid dienone is 10. The average molecular weight is 695 g/mol. The minimum absolute atomic E-state index is 0.105. The molecule has 266 valence electrons. The van der Waals surface area contributed by atoms with Gasteiger partial charge in [0.15, 0.2) is 0 Å². The molecule has 6 unspecified atom stereocenters. The molecule has 6 heteroatoms. The predicted octanol–water partition coefficient (Wildman–Crippen LogP) is 10.3. The molecule has 2 aliphatic heterocycles. The molecule has 6 aliphatic rings. The molecule has 0 radical (unpaired) electrons. The van der Waals surface area contributed by atoms with Gasteiger partial charge in [-0.3, -0.25) is 0 Å². The first-order chi connectivity index (χ1) is 25.3. The van der Waals surface area contributed by atoms with E-state index in [0.29, 0.717) is 46.6 Å². The van der Waals surface area contributed by atoms with Gasteiger partial charge in [0.1, 0.15) is 29.1 Å². The van der Waals surface area contributed by atoms with Gasteiger partial charge in [-0.2, -0.15) is 0 Å². The Morgan fingerprint density at radius 3 is 1.63 bits per heavy atom. The Morgan fingerprint density at radius 2 is 1.19 bits per heavy atom. The third kappa shape index (κ3) is 5.45. The van der Waals surface area contributed by atoms with Gasteiger partial charge in [-0.05, 0) is 107 Å². The topological polar surface area (TPSA) is 65.4 Å². The van der Waals surface area contributed by atoms with Crippen molar-refractivity contribution < 1.29 is 19.7 Å². The number of fused-ring (bicyclic) bond motifs is 6. The van der Waals surface area contributed by atoms with Gasteiger partial charge in [0, 0.05) is 78.7 Å². The second-order valence-corrected chi connectivity index (χ2v) is 15.5. The largest absolute Gasteiger partial charge is 0.461 e. The lowest BCUT2D eigenvalue weighted by Gasteiger charge is -2.28. The van der Waals surface area contributed by atoms with E-state index < -0.39 is 0 Å². The fourth-order valence-electron chi connectivity index (χ4n) is 9.87. The van der Waals surface area contributed by atoms with E-state index in [0.717, 1.165) is 95.7 Å². The predicted molar refractivity (Wildman–Crippen MR) is 212 cm³/mol. The van der Waals surface area contributed by atoms with E-state index in [1.165, 1.54) is 12.8 Å². The Hall–Kier alpha value is -4.84. The molecule has 4 bridgehead atoms. The van der Waals surface area contributed by atoms with Crippen molar-refractivity contribution in [3.8, 4) is 23.0 Å². The molecule has 2 heterocycles. The molecular formula is C46H50N2O4+2. The number of rotatable bonds is 10. The van der Waals surface area contributed by atoms with Crippen LogP contribution in [0.5, 0.6) is 23.0 Å². The number of aromatic hydroxyl groups is 2. The summed E-state index contributed by atoms with van der Waals surface area (Å²) in [5.74, 6) is 6.72. The molecule has 4 aliphatic carbocycles. The van der Waals surface area contributed by atoms with Crippen LogP contribution in [0.4, 0.5) is 11.4 Å². The second-order valence-electron chi connectivity index (χ2n) is 15.5. The second kappa shape index (κ2) is 13.0. The summed E-state index contributed by atoms with van der Waals surface area (Å²) in [7, 11) is 0. The molecule has 3 aromatic rings. The quantitative estimate of drug-likeness (QED) is 0.163. The molecule has 2 saturated carbocycles. The van der Waals surface area contributed by atoms with Crippen LogP contribution in [0, 0.1) is 35.5 Å². The smallest absolute Gasteiger partial charge is 0.305 e. The average Bonchev–Trinajstić information content (AvgIpc) is 4.00. The van der Waals surface area contributed by atoms with Crippen LogP contribution in [-0.4, -0.2) is 36.4 Å². The molecule has 52 heavy (non-hydrogen) atoms. The van der Waals surface area contributed by atoms with Crippen LogP contribution in [0.15, 0.2) is 84.4 Å². The molecule has 6 nitrogen and oxygen atoms in total. The van der Waals surface area contributed by atoms with Crippen LogP contribution in [0.2, 0.25) is 0 Å². The molecule has 3 aromatic carbocycles. The summed E-state index contributed by atoms with van der Waals surface area (Å²) in [6.45, 7) is 12.3. The summed E-state index contributed by atoms with van der Waals surface area (Å²) in [5.41, 5.74) is 7.00. The van der Waals surface area contributed by atoms with Gasteiger partial charge in [0.05, 0.1) is 17.2 Å². The van der Waals surface area contributed by atoms with E-state index in [1.807, 2.05) is 12.2 Å². The first-order valence-electron chi connectivity index (χ1n) is 19.6. The minimum Gasteiger partial charge on any atom is -0.461 e. The molecular weight excluding hydrogens is 645 g/mol. The maximum Gasteiger partial charge on any atom is 0.305 e. The normalized spacial score (nSPS) is 27.8. The maximum atomic E-state index is 11.6. The Morgan fingerprint density at radius 1 is 0.692 bits per heavy atom. The molecule has 0 amide bonds. The van der Waals surface area contributed by atoms with E-state index in [4.69, 9.17) is 9.47 Å². The van der Waals surface area contributed by atoms with Gasteiger partial charge in [-0.15, -0.1) is 0 Å². The highest BCUT2D eigenvalue weighted by molar-refractivity contribution is 6.01. The Kier molecular flexibility index (Phi) is 8.24. The van der Waals surface area contributed by atoms with Crippen LogP contribution < -0.4 is 19.3 Å². The number of ether oxygens (including phenoxy) is 2. The zero-order valence-corrected chi connectivity index (χ0v) is 30.8. The molecule has 6 atom stereocenters. The van der Waals surface area contributed by atoms with Crippen molar-refractivity contribution in [2.24, 2.45) is 35.5 Å². The monoisotopic (exact) mass is 694 g/mol. The highest BCUT2D eigenvalue weighted by atomic mass is 16.5. The summed E-state index contributed by atoms with van der Waals surface area (Å²) in [6.07, 6.45) is 22.1. The van der Waals surface area contributed by atoms with Gasteiger partial charge < -0.3 is 29.5 Å². The fraction of sp³-hybridized carbons (Fsp3) is 0.391. The van der Waals surface area contributed by atoms with Crippen molar-refractivity contribution >= 4 is 34.7 Å². The molecule has 0 saturated heterocycles. The highest BCUT2D eigenvalue weighted by Gasteiger charge is 2.43. The third-order valence-corrected chi connectivity index (χ3v) is 12.8. The number of nitrogens with zero attached hydrogens (tertiary/aromatic N) is 2. The van der Waals surface area contributed by atoms with Crippen molar-refractivity contribution in [2.75, 3.05) is 36.0 Å². The Bertz CT molecular complexity index is 1910. The summed E-state index contributed by atoms with van der Waals surface area (Å²) in [6, 6.07) is 12.8. The van der Waals surface area contributed by atoms with Crippen LogP contribution in [0.3, 0.4) is 0 Å². The van der Waals surface area contributed by atoms with Gasteiger partial charge in [0.25, 0.3) is 0 Å². The first kappa shape index (κ1) is 33.0. The number of hydrogen-bond donors (Lipinski definition) is 2. The van der Waals surface area contributed by atoms with Gasteiger partial charge in [-0.1, -0.05) is 24.3 Å². The standard InChI is InChI=1S/C46H49N2O4/c1-5-47(6-2)33-13-15-35-31(23-41(51-43(35)25-33)37-19-27-9-11-29(37)17-27)21-39-45(49)40(46(39)50)22-32-24-42(38-20-28-10-12-30(38)18-28)52-44-26-34(14-16-36(32)44)48(7-3)8-4/h9-16,21-30,37-38,49H,5-8,17-20H2,1-4H3/q+1/p+1. The summed E-state index contributed by atoms with van der Waals surface area (Å²) in [4.78, 5) is 4.65.